The highest BCUT2D eigenvalue weighted by Gasteiger charge is 2.47. The topological polar surface area (TPSA) is 57.6 Å². The van der Waals surface area contributed by atoms with Gasteiger partial charge in [-0.2, -0.15) is 0 Å². The van der Waals surface area contributed by atoms with Crippen molar-refractivity contribution in [3.63, 3.8) is 0 Å². The Morgan fingerprint density at radius 3 is 2.10 bits per heavy atom. The van der Waals surface area contributed by atoms with Crippen LogP contribution in [0.5, 0.6) is 0 Å². The van der Waals surface area contributed by atoms with Gasteiger partial charge in [0, 0.05) is 24.2 Å². The summed E-state index contributed by atoms with van der Waals surface area (Å²) in [6.07, 6.45) is -1.10. The van der Waals surface area contributed by atoms with Crippen LogP contribution >= 0.6 is 0 Å². The van der Waals surface area contributed by atoms with Gasteiger partial charge in [0.25, 0.3) is 0 Å². The molecule has 1 fully saturated rings. The van der Waals surface area contributed by atoms with Gasteiger partial charge in [-0.15, -0.1) is 0 Å². The van der Waals surface area contributed by atoms with E-state index in [1.54, 1.807) is 20.8 Å². The van der Waals surface area contributed by atoms with Crippen molar-refractivity contribution in [1.29, 1.82) is 0 Å². The minimum Gasteiger partial charge on any atom is -0.465 e. The standard InChI is InChI=1S/C15H17F2NO3/c1-8(2)12-10(16)4-9(5-11(12)17)13(19)15(3)6-18(7-15)14(20)21/h4-5,8H,6-7H2,1-3H3,(H,20,21). The second-order valence-electron chi connectivity index (χ2n) is 6.04. The van der Waals surface area contributed by atoms with Crippen LogP contribution in [0.15, 0.2) is 12.1 Å². The summed E-state index contributed by atoms with van der Waals surface area (Å²) in [4.78, 5) is 24.2. The molecule has 1 saturated heterocycles. The van der Waals surface area contributed by atoms with E-state index in [1.807, 2.05) is 0 Å². The van der Waals surface area contributed by atoms with Crippen LogP contribution in [-0.4, -0.2) is 35.0 Å². The molecule has 21 heavy (non-hydrogen) atoms. The Balaban J connectivity index is 2.28. The maximum absolute atomic E-state index is 13.9. The van der Waals surface area contributed by atoms with Gasteiger partial charge in [0.05, 0.1) is 5.41 Å². The molecule has 1 amide bonds. The summed E-state index contributed by atoms with van der Waals surface area (Å²) >= 11 is 0. The van der Waals surface area contributed by atoms with E-state index < -0.39 is 28.9 Å². The van der Waals surface area contributed by atoms with Gasteiger partial charge < -0.3 is 10.0 Å². The average Bonchev–Trinajstić information content (AvgIpc) is 2.32. The van der Waals surface area contributed by atoms with Crippen LogP contribution in [0.4, 0.5) is 13.6 Å². The number of hydrogen-bond acceptors (Lipinski definition) is 2. The lowest BCUT2D eigenvalue weighted by Gasteiger charge is -2.45. The molecule has 6 heteroatoms. The van der Waals surface area contributed by atoms with Crippen LogP contribution in [0.1, 0.15) is 42.6 Å². The van der Waals surface area contributed by atoms with E-state index >= 15 is 0 Å². The molecule has 1 aromatic carbocycles. The van der Waals surface area contributed by atoms with Crippen molar-refractivity contribution in [3.8, 4) is 0 Å². The highest BCUT2D eigenvalue weighted by Crippen LogP contribution is 2.34. The van der Waals surface area contributed by atoms with Crippen LogP contribution < -0.4 is 0 Å². The lowest BCUT2D eigenvalue weighted by molar-refractivity contribution is 0.0236. The smallest absolute Gasteiger partial charge is 0.407 e. The summed E-state index contributed by atoms with van der Waals surface area (Å²) < 4.78 is 27.9. The molecule has 1 heterocycles. The summed E-state index contributed by atoms with van der Waals surface area (Å²) in [5.74, 6) is -2.25. The first-order chi connectivity index (χ1) is 9.65. The lowest BCUT2D eigenvalue weighted by Crippen LogP contribution is -2.60. The maximum atomic E-state index is 13.9. The van der Waals surface area contributed by atoms with Gasteiger partial charge in [-0.25, -0.2) is 13.6 Å². The molecule has 0 unspecified atom stereocenters. The molecule has 0 spiro atoms. The third-order valence-electron chi connectivity index (χ3n) is 3.82. The fourth-order valence-electron chi connectivity index (χ4n) is 2.69. The van der Waals surface area contributed by atoms with Crippen LogP contribution in [-0.2, 0) is 0 Å². The van der Waals surface area contributed by atoms with Crippen molar-refractivity contribution >= 4 is 11.9 Å². The third kappa shape index (κ3) is 2.62. The first-order valence-electron chi connectivity index (χ1n) is 6.67. The van der Waals surface area contributed by atoms with Gasteiger partial charge in [-0.05, 0) is 25.0 Å². The van der Waals surface area contributed by atoms with E-state index in [2.05, 4.69) is 0 Å². The number of carboxylic acid groups (broad SMARTS) is 1. The first kappa shape index (κ1) is 15.4. The van der Waals surface area contributed by atoms with Gasteiger partial charge in [-0.1, -0.05) is 13.8 Å². The number of benzene rings is 1. The van der Waals surface area contributed by atoms with Crippen molar-refractivity contribution in [2.75, 3.05) is 13.1 Å². The molecule has 0 aromatic heterocycles. The number of halogens is 2. The molecule has 1 aliphatic rings. The monoisotopic (exact) mass is 297 g/mol. The second-order valence-corrected chi connectivity index (χ2v) is 6.04. The van der Waals surface area contributed by atoms with E-state index in [-0.39, 0.29) is 30.1 Å². The number of carbonyl (C=O) groups is 2. The zero-order valence-electron chi connectivity index (χ0n) is 12.1. The first-order valence-corrected chi connectivity index (χ1v) is 6.67. The fourth-order valence-corrected chi connectivity index (χ4v) is 2.69. The van der Waals surface area contributed by atoms with Crippen molar-refractivity contribution in [3.05, 3.63) is 34.9 Å². The largest absolute Gasteiger partial charge is 0.465 e. The van der Waals surface area contributed by atoms with Crippen LogP contribution in [0.3, 0.4) is 0 Å². The Labute approximate surface area is 121 Å². The number of ketones is 1. The Hall–Kier alpha value is -1.98. The molecule has 0 atom stereocenters. The molecule has 2 rings (SSSR count). The quantitative estimate of drug-likeness (QED) is 0.871. The number of rotatable bonds is 3. The van der Waals surface area contributed by atoms with Crippen LogP contribution in [0, 0.1) is 17.0 Å². The van der Waals surface area contributed by atoms with E-state index in [4.69, 9.17) is 5.11 Å². The van der Waals surface area contributed by atoms with Gasteiger partial charge in [0.15, 0.2) is 5.78 Å². The van der Waals surface area contributed by atoms with Crippen molar-refractivity contribution in [1.82, 2.24) is 4.90 Å². The average molecular weight is 297 g/mol. The molecular formula is C15H17F2NO3. The van der Waals surface area contributed by atoms with Crippen molar-refractivity contribution < 1.29 is 23.5 Å². The van der Waals surface area contributed by atoms with Gasteiger partial charge >= 0.3 is 6.09 Å². The molecule has 1 N–H and O–H groups in total. The minimum absolute atomic E-state index is 0.0380. The summed E-state index contributed by atoms with van der Waals surface area (Å²) in [6, 6.07) is 2.07. The highest BCUT2D eigenvalue weighted by molar-refractivity contribution is 6.02. The SMILES string of the molecule is CC(C)c1c(F)cc(C(=O)C2(C)CN(C(=O)O)C2)cc1F. The van der Waals surface area contributed by atoms with Gasteiger partial charge in [-0.3, -0.25) is 4.79 Å². The second kappa shape index (κ2) is 5.09. The molecular weight excluding hydrogens is 280 g/mol. The number of carbonyl (C=O) groups excluding carboxylic acids is 1. The number of Topliss-reactive ketones (excluding diaryl/α,β-unsaturated/α-hetero) is 1. The van der Waals surface area contributed by atoms with Crippen LogP contribution in [0.2, 0.25) is 0 Å². The maximum Gasteiger partial charge on any atom is 0.407 e. The summed E-state index contributed by atoms with van der Waals surface area (Å²) in [6.45, 7) is 5.01. The van der Waals surface area contributed by atoms with Crippen molar-refractivity contribution in [2.45, 2.75) is 26.7 Å². The molecule has 1 aromatic rings. The van der Waals surface area contributed by atoms with Gasteiger partial charge in [0.2, 0.25) is 0 Å². The summed E-state index contributed by atoms with van der Waals surface area (Å²) in [5, 5.41) is 8.80. The Kier molecular flexibility index (Phi) is 3.74. The van der Waals surface area contributed by atoms with E-state index in [9.17, 15) is 18.4 Å². The predicted octanol–water partition coefficient (Wildman–Crippen LogP) is 3.27. The van der Waals surface area contributed by atoms with E-state index in [0.717, 1.165) is 17.0 Å². The fraction of sp³-hybridized carbons (Fsp3) is 0.467. The van der Waals surface area contributed by atoms with Gasteiger partial charge in [0.1, 0.15) is 11.6 Å². The molecule has 0 radical (unpaired) electrons. The normalized spacial score (nSPS) is 16.8. The molecule has 114 valence electrons. The Bertz CT molecular complexity index is 584. The molecule has 4 nitrogen and oxygen atoms in total. The van der Waals surface area contributed by atoms with Crippen LogP contribution in [0.25, 0.3) is 0 Å². The Morgan fingerprint density at radius 1 is 1.24 bits per heavy atom. The summed E-state index contributed by atoms with van der Waals surface area (Å²) in [5.41, 5.74) is -1.02. The minimum atomic E-state index is -1.10. The zero-order chi connectivity index (χ0) is 15.9. The third-order valence-corrected chi connectivity index (χ3v) is 3.82. The van der Waals surface area contributed by atoms with E-state index in [1.165, 1.54) is 0 Å². The number of likely N-dealkylation sites (tertiary alicyclic amines) is 1. The summed E-state index contributed by atoms with van der Waals surface area (Å²) in [7, 11) is 0. The van der Waals surface area contributed by atoms with Crippen molar-refractivity contribution in [2.24, 2.45) is 5.41 Å². The number of hydrogen-bond donors (Lipinski definition) is 1. The predicted molar refractivity (Wildman–Crippen MR) is 72.5 cm³/mol. The zero-order valence-corrected chi connectivity index (χ0v) is 12.1. The number of nitrogens with zero attached hydrogens (tertiary/aromatic N) is 1. The molecule has 1 aliphatic heterocycles. The Morgan fingerprint density at radius 2 is 1.71 bits per heavy atom. The molecule has 0 saturated carbocycles. The number of amides is 1. The lowest BCUT2D eigenvalue weighted by atomic mass is 9.75. The molecule has 0 aliphatic carbocycles. The molecule has 0 bridgehead atoms. The highest BCUT2D eigenvalue weighted by atomic mass is 19.1. The van der Waals surface area contributed by atoms with E-state index in [0.29, 0.717) is 0 Å².